The average Bonchev–Trinajstić information content (AvgIpc) is 2.85. The van der Waals surface area contributed by atoms with Gasteiger partial charge in [-0.25, -0.2) is 0 Å². The van der Waals surface area contributed by atoms with Crippen LogP contribution < -0.4 is 0 Å². The number of esters is 1. The lowest BCUT2D eigenvalue weighted by Gasteiger charge is -2.18. The molecule has 2 aliphatic heterocycles. The summed E-state index contributed by atoms with van der Waals surface area (Å²) in [6, 6.07) is 2.93. The number of rotatable bonds is 2. The van der Waals surface area contributed by atoms with Crippen molar-refractivity contribution < 1.29 is 19.4 Å². The third-order valence-corrected chi connectivity index (χ3v) is 3.91. The Morgan fingerprint density at radius 2 is 2.27 bits per heavy atom. The van der Waals surface area contributed by atoms with Crippen molar-refractivity contribution in [2.24, 2.45) is 4.99 Å². The van der Waals surface area contributed by atoms with Gasteiger partial charge in [-0.3, -0.25) is 14.6 Å². The summed E-state index contributed by atoms with van der Waals surface area (Å²) in [5.41, 5.74) is 2.38. The molecule has 1 atom stereocenters. The van der Waals surface area contributed by atoms with Crippen LogP contribution >= 0.6 is 0 Å². The number of benzene rings is 1. The zero-order valence-corrected chi connectivity index (χ0v) is 12.4. The van der Waals surface area contributed by atoms with E-state index < -0.39 is 0 Å². The number of aromatic hydroxyl groups is 1. The number of carbonyl (C=O) groups is 2. The summed E-state index contributed by atoms with van der Waals surface area (Å²) in [5, 5.41) is 9.76. The van der Waals surface area contributed by atoms with E-state index in [2.05, 4.69) is 9.73 Å². The van der Waals surface area contributed by atoms with Crippen LogP contribution in [-0.2, 0) is 9.53 Å². The minimum Gasteiger partial charge on any atom is -0.508 e. The van der Waals surface area contributed by atoms with Gasteiger partial charge in [-0.15, -0.1) is 0 Å². The van der Waals surface area contributed by atoms with E-state index in [1.165, 1.54) is 13.2 Å². The second kappa shape index (κ2) is 5.29. The monoisotopic (exact) mass is 300 g/mol. The number of hydrogen-bond acceptors (Lipinski definition) is 5. The molecule has 1 aromatic rings. The molecule has 0 fully saturated rings. The predicted molar refractivity (Wildman–Crippen MR) is 80.3 cm³/mol. The van der Waals surface area contributed by atoms with E-state index >= 15 is 0 Å². The number of methoxy groups -OCH3 is 1. The summed E-state index contributed by atoms with van der Waals surface area (Å²) < 4.78 is 4.66. The summed E-state index contributed by atoms with van der Waals surface area (Å²) >= 11 is 0. The van der Waals surface area contributed by atoms with Crippen LogP contribution in [0, 0.1) is 6.92 Å². The van der Waals surface area contributed by atoms with Gasteiger partial charge in [0.1, 0.15) is 5.75 Å². The molecule has 0 unspecified atom stereocenters. The van der Waals surface area contributed by atoms with Gasteiger partial charge in [-0.2, -0.15) is 0 Å². The maximum atomic E-state index is 12.7. The molecule has 0 bridgehead atoms. The smallest absolute Gasteiger partial charge is 0.309 e. The molecule has 6 heteroatoms. The molecule has 2 heterocycles. The van der Waals surface area contributed by atoms with E-state index in [0.29, 0.717) is 23.2 Å². The van der Waals surface area contributed by atoms with Crippen LogP contribution in [0.3, 0.4) is 0 Å². The van der Waals surface area contributed by atoms with Gasteiger partial charge in [0.15, 0.2) is 0 Å². The lowest BCUT2D eigenvalue weighted by molar-refractivity contribution is -0.139. The van der Waals surface area contributed by atoms with Crippen molar-refractivity contribution in [1.82, 2.24) is 4.90 Å². The number of amides is 1. The Kier molecular flexibility index (Phi) is 3.44. The molecule has 0 aliphatic carbocycles. The van der Waals surface area contributed by atoms with E-state index in [4.69, 9.17) is 0 Å². The van der Waals surface area contributed by atoms with E-state index in [1.54, 1.807) is 30.3 Å². The maximum Gasteiger partial charge on any atom is 0.309 e. The Bertz CT molecular complexity index is 721. The van der Waals surface area contributed by atoms with Crippen LogP contribution in [0.1, 0.15) is 28.8 Å². The molecule has 114 valence electrons. The molecule has 0 spiro atoms. The fourth-order valence-electron chi connectivity index (χ4n) is 2.69. The third-order valence-electron chi connectivity index (χ3n) is 3.91. The molecule has 0 saturated heterocycles. The lowest BCUT2D eigenvalue weighted by Crippen LogP contribution is -2.32. The molecule has 22 heavy (non-hydrogen) atoms. The highest BCUT2D eigenvalue weighted by atomic mass is 16.5. The first-order chi connectivity index (χ1) is 10.5. The van der Waals surface area contributed by atoms with Crippen LogP contribution in [0.2, 0.25) is 0 Å². The fraction of sp³-hybridized carbons (Fsp3) is 0.312. The van der Waals surface area contributed by atoms with E-state index in [0.717, 1.165) is 5.57 Å². The number of aryl methyl sites for hydroxylation is 1. The van der Waals surface area contributed by atoms with E-state index in [-0.39, 0.29) is 30.1 Å². The van der Waals surface area contributed by atoms with Crippen LogP contribution in [-0.4, -0.2) is 41.2 Å². The molecule has 0 saturated carbocycles. The summed E-state index contributed by atoms with van der Waals surface area (Å²) in [7, 11) is 1.34. The number of phenols is 1. The number of phenolic OH excluding ortho intramolecular Hbond substituents is 1. The van der Waals surface area contributed by atoms with Gasteiger partial charge < -0.3 is 14.7 Å². The van der Waals surface area contributed by atoms with Gasteiger partial charge in [-0.05, 0) is 30.5 Å². The highest BCUT2D eigenvalue weighted by Crippen LogP contribution is 2.34. The van der Waals surface area contributed by atoms with Crippen molar-refractivity contribution in [3.05, 3.63) is 35.0 Å². The zero-order chi connectivity index (χ0) is 15.9. The summed E-state index contributed by atoms with van der Waals surface area (Å²) in [6.45, 7) is 1.73. The minimum atomic E-state index is -0.325. The molecule has 1 aromatic carbocycles. The molecule has 1 N–H and O–H groups in total. The molecule has 0 aromatic heterocycles. The van der Waals surface area contributed by atoms with E-state index in [1.807, 2.05) is 0 Å². The van der Waals surface area contributed by atoms with Crippen molar-refractivity contribution in [3.8, 4) is 5.75 Å². The highest BCUT2D eigenvalue weighted by molar-refractivity contribution is 6.04. The van der Waals surface area contributed by atoms with Crippen LogP contribution in [0.25, 0.3) is 0 Å². The van der Waals surface area contributed by atoms with Gasteiger partial charge in [0, 0.05) is 18.5 Å². The Balaban J connectivity index is 1.94. The Morgan fingerprint density at radius 3 is 3.00 bits per heavy atom. The maximum absolute atomic E-state index is 12.7. The molecular formula is C16H16N2O4. The van der Waals surface area contributed by atoms with Gasteiger partial charge >= 0.3 is 5.97 Å². The largest absolute Gasteiger partial charge is 0.508 e. The van der Waals surface area contributed by atoms with Crippen molar-refractivity contribution in [3.63, 3.8) is 0 Å². The zero-order valence-electron chi connectivity index (χ0n) is 12.4. The highest BCUT2D eigenvalue weighted by Gasteiger charge is 2.33. The Morgan fingerprint density at radius 1 is 1.50 bits per heavy atom. The molecule has 1 amide bonds. The van der Waals surface area contributed by atoms with E-state index in [9.17, 15) is 14.7 Å². The summed E-state index contributed by atoms with van der Waals surface area (Å²) in [5.74, 6) is -0.386. The second-order valence-corrected chi connectivity index (χ2v) is 5.46. The predicted octanol–water partition coefficient (Wildman–Crippen LogP) is 2.08. The number of hydrogen-bond donors (Lipinski definition) is 1. The molecule has 0 radical (unpaired) electrons. The fourth-order valence-corrected chi connectivity index (χ4v) is 2.69. The van der Waals surface area contributed by atoms with Gasteiger partial charge in [0.2, 0.25) is 0 Å². The normalized spacial score (nSPS) is 19.4. The Hall–Kier alpha value is -2.63. The molecule has 3 rings (SSSR count). The van der Waals surface area contributed by atoms with Crippen molar-refractivity contribution in [1.29, 1.82) is 0 Å². The molecule has 2 aliphatic rings. The van der Waals surface area contributed by atoms with Gasteiger partial charge in [-0.1, -0.05) is 0 Å². The number of ether oxygens (including phenoxy) is 1. The Labute approximate surface area is 127 Å². The first kappa shape index (κ1) is 14.3. The average molecular weight is 300 g/mol. The van der Waals surface area contributed by atoms with Crippen molar-refractivity contribution in [2.75, 3.05) is 7.11 Å². The van der Waals surface area contributed by atoms with Crippen LogP contribution in [0.15, 0.2) is 28.9 Å². The quantitative estimate of drug-likeness (QED) is 0.848. The number of carbonyl (C=O) groups excluding carboxylic acids is 2. The summed E-state index contributed by atoms with van der Waals surface area (Å²) in [6.07, 6.45) is 4.11. The topological polar surface area (TPSA) is 79.2 Å². The third kappa shape index (κ3) is 2.36. The minimum absolute atomic E-state index is 0.118. The van der Waals surface area contributed by atoms with Crippen molar-refractivity contribution in [2.45, 2.75) is 25.8 Å². The SMILES string of the molecule is COC(=O)CC1=CN2C(=O)c3cc(C)c(O)cc3N=C[C@@H]2C1. The van der Waals surface area contributed by atoms with Gasteiger partial charge in [0.25, 0.3) is 5.91 Å². The second-order valence-electron chi connectivity index (χ2n) is 5.46. The lowest BCUT2D eigenvalue weighted by atomic mass is 10.1. The summed E-state index contributed by atoms with van der Waals surface area (Å²) in [4.78, 5) is 30.0. The number of fused-ring (bicyclic) bond motifs is 2. The standard InChI is InChI=1S/C16H16N2O4/c1-9-3-12-13(6-14(9)19)17-7-11-4-10(5-15(20)22-2)8-18(11)16(12)21/h3,6-8,11,19H,4-5H2,1-2H3/t11-/m0/s1. The number of nitrogens with zero attached hydrogens (tertiary/aromatic N) is 2. The molecular weight excluding hydrogens is 284 g/mol. The van der Waals surface area contributed by atoms with Gasteiger partial charge in [0.05, 0.1) is 30.8 Å². The van der Waals surface area contributed by atoms with Crippen LogP contribution in [0.4, 0.5) is 5.69 Å². The first-order valence-electron chi connectivity index (χ1n) is 6.96. The number of aliphatic imine (C=N–C) groups is 1. The van der Waals surface area contributed by atoms with Crippen LogP contribution in [0.5, 0.6) is 5.75 Å². The van der Waals surface area contributed by atoms with Crippen molar-refractivity contribution >= 4 is 23.8 Å². The molecule has 6 nitrogen and oxygen atoms in total. The first-order valence-corrected chi connectivity index (χ1v) is 6.96.